The molecule has 0 radical (unpaired) electrons. The van der Waals surface area contributed by atoms with Crippen LogP contribution < -0.4 is 0 Å². The second-order valence-corrected chi connectivity index (χ2v) is 4.35. The standard InChI is InChI=1S/C8H12O4S/c1-2-12-8(13(9,10)11)6-4-3-5-7-8/h3-6H,2,7H2,1H3,(H,9,10,11). The van der Waals surface area contributed by atoms with Gasteiger partial charge in [0.25, 0.3) is 10.1 Å². The molecule has 0 aromatic carbocycles. The number of allylic oxidation sites excluding steroid dienone is 2. The third-order valence-electron chi connectivity index (χ3n) is 1.83. The Morgan fingerprint density at radius 3 is 2.62 bits per heavy atom. The molecule has 74 valence electrons. The van der Waals surface area contributed by atoms with Gasteiger partial charge in [-0.1, -0.05) is 18.2 Å². The highest BCUT2D eigenvalue weighted by molar-refractivity contribution is 7.87. The van der Waals surface area contributed by atoms with Gasteiger partial charge >= 0.3 is 0 Å². The van der Waals surface area contributed by atoms with Crippen LogP contribution in [0, 0.1) is 0 Å². The van der Waals surface area contributed by atoms with Crippen molar-refractivity contribution in [3.8, 4) is 0 Å². The van der Waals surface area contributed by atoms with Crippen molar-refractivity contribution in [2.45, 2.75) is 18.3 Å². The second-order valence-electron chi connectivity index (χ2n) is 2.71. The van der Waals surface area contributed by atoms with E-state index in [1.165, 1.54) is 6.08 Å². The van der Waals surface area contributed by atoms with Crippen LogP contribution in [0.3, 0.4) is 0 Å². The molecule has 0 saturated heterocycles. The lowest BCUT2D eigenvalue weighted by molar-refractivity contribution is 0.0559. The van der Waals surface area contributed by atoms with E-state index in [2.05, 4.69) is 0 Å². The highest BCUT2D eigenvalue weighted by Crippen LogP contribution is 2.27. The maximum absolute atomic E-state index is 11.0. The minimum Gasteiger partial charge on any atom is -0.353 e. The van der Waals surface area contributed by atoms with Crippen molar-refractivity contribution in [3.63, 3.8) is 0 Å². The average molecular weight is 204 g/mol. The lowest BCUT2D eigenvalue weighted by Gasteiger charge is -2.27. The molecule has 0 aromatic rings. The van der Waals surface area contributed by atoms with Gasteiger partial charge in [-0.25, -0.2) is 0 Å². The van der Waals surface area contributed by atoms with E-state index in [1.54, 1.807) is 25.2 Å². The van der Waals surface area contributed by atoms with Crippen LogP contribution in [-0.4, -0.2) is 24.5 Å². The van der Waals surface area contributed by atoms with Crippen LogP contribution in [0.15, 0.2) is 24.3 Å². The molecule has 1 aliphatic rings. The predicted octanol–water partition coefficient (Wildman–Crippen LogP) is 1.12. The van der Waals surface area contributed by atoms with Gasteiger partial charge in [0.05, 0.1) is 0 Å². The smallest absolute Gasteiger partial charge is 0.299 e. The maximum Gasteiger partial charge on any atom is 0.299 e. The van der Waals surface area contributed by atoms with Gasteiger partial charge in [0.2, 0.25) is 4.93 Å². The van der Waals surface area contributed by atoms with Gasteiger partial charge in [-0.05, 0) is 13.0 Å². The molecule has 0 saturated carbocycles. The van der Waals surface area contributed by atoms with Crippen LogP contribution in [0.25, 0.3) is 0 Å². The summed E-state index contributed by atoms with van der Waals surface area (Å²) in [6.45, 7) is 1.91. The third kappa shape index (κ3) is 1.99. The van der Waals surface area contributed by atoms with Crippen LogP contribution in [0.2, 0.25) is 0 Å². The van der Waals surface area contributed by atoms with Crippen LogP contribution >= 0.6 is 0 Å². The Bertz CT molecular complexity index is 328. The fraction of sp³-hybridized carbons (Fsp3) is 0.500. The summed E-state index contributed by atoms with van der Waals surface area (Å²) in [6.07, 6.45) is 6.40. The lowest BCUT2D eigenvalue weighted by Crippen LogP contribution is -2.39. The Hall–Kier alpha value is -0.650. The summed E-state index contributed by atoms with van der Waals surface area (Å²) in [6, 6.07) is 0. The van der Waals surface area contributed by atoms with Gasteiger partial charge in [-0.2, -0.15) is 8.42 Å². The highest BCUT2D eigenvalue weighted by Gasteiger charge is 2.41. The molecule has 4 nitrogen and oxygen atoms in total. The van der Waals surface area contributed by atoms with E-state index in [0.29, 0.717) is 0 Å². The second kappa shape index (κ2) is 3.61. The van der Waals surface area contributed by atoms with Gasteiger partial charge in [0, 0.05) is 13.0 Å². The summed E-state index contributed by atoms with van der Waals surface area (Å²) in [5.41, 5.74) is 0. The fourth-order valence-corrected chi connectivity index (χ4v) is 2.02. The summed E-state index contributed by atoms with van der Waals surface area (Å²) in [4.78, 5) is -1.57. The van der Waals surface area contributed by atoms with Crippen LogP contribution in [0.4, 0.5) is 0 Å². The molecule has 1 rings (SSSR count). The van der Waals surface area contributed by atoms with E-state index in [0.717, 1.165) is 0 Å². The first kappa shape index (κ1) is 10.4. The van der Waals surface area contributed by atoms with Crippen molar-refractivity contribution in [2.24, 2.45) is 0 Å². The number of hydrogen-bond acceptors (Lipinski definition) is 3. The monoisotopic (exact) mass is 204 g/mol. The first-order valence-electron chi connectivity index (χ1n) is 3.97. The largest absolute Gasteiger partial charge is 0.353 e. The van der Waals surface area contributed by atoms with Gasteiger partial charge in [-0.3, -0.25) is 4.55 Å². The van der Waals surface area contributed by atoms with Gasteiger partial charge in [-0.15, -0.1) is 0 Å². The zero-order valence-electron chi connectivity index (χ0n) is 7.30. The predicted molar refractivity (Wildman–Crippen MR) is 48.8 cm³/mol. The van der Waals surface area contributed by atoms with Crippen molar-refractivity contribution in [2.75, 3.05) is 6.61 Å². The van der Waals surface area contributed by atoms with Gasteiger partial charge in [0.15, 0.2) is 0 Å². The Morgan fingerprint density at radius 2 is 2.23 bits per heavy atom. The SMILES string of the molecule is CCOC1(S(=O)(=O)O)C=CC=CC1. The topological polar surface area (TPSA) is 63.6 Å². The molecular formula is C8H12O4S. The van der Waals surface area contributed by atoms with Crippen LogP contribution in [-0.2, 0) is 14.9 Å². The maximum atomic E-state index is 11.0. The van der Waals surface area contributed by atoms with Crippen molar-refractivity contribution in [3.05, 3.63) is 24.3 Å². The first-order valence-corrected chi connectivity index (χ1v) is 5.41. The number of rotatable bonds is 3. The first-order chi connectivity index (χ1) is 6.02. The molecule has 0 aromatic heterocycles. The molecule has 0 heterocycles. The van der Waals surface area contributed by atoms with Gasteiger partial charge in [0.1, 0.15) is 0 Å². The van der Waals surface area contributed by atoms with Crippen LogP contribution in [0.1, 0.15) is 13.3 Å². The van der Waals surface area contributed by atoms with Crippen molar-refractivity contribution >= 4 is 10.1 Å². The molecule has 0 aliphatic heterocycles. The van der Waals surface area contributed by atoms with Crippen molar-refractivity contribution < 1.29 is 17.7 Å². The summed E-state index contributed by atoms with van der Waals surface area (Å²) in [5, 5.41) is 0. The Kier molecular flexibility index (Phi) is 2.90. The highest BCUT2D eigenvalue weighted by atomic mass is 32.2. The molecule has 0 bridgehead atoms. The van der Waals surface area contributed by atoms with E-state index in [4.69, 9.17) is 9.29 Å². The minimum atomic E-state index is -4.21. The van der Waals surface area contributed by atoms with Crippen molar-refractivity contribution in [1.82, 2.24) is 0 Å². The van der Waals surface area contributed by atoms with E-state index < -0.39 is 15.1 Å². The molecule has 0 spiro atoms. The zero-order valence-corrected chi connectivity index (χ0v) is 8.12. The van der Waals surface area contributed by atoms with Crippen molar-refractivity contribution in [1.29, 1.82) is 0 Å². The molecule has 13 heavy (non-hydrogen) atoms. The molecule has 0 fully saturated rings. The Labute approximate surface area is 77.7 Å². The summed E-state index contributed by atoms with van der Waals surface area (Å²) in [5.74, 6) is 0. The van der Waals surface area contributed by atoms with Gasteiger partial charge < -0.3 is 4.74 Å². The summed E-state index contributed by atoms with van der Waals surface area (Å²) in [7, 11) is -4.21. The summed E-state index contributed by atoms with van der Waals surface area (Å²) >= 11 is 0. The molecule has 1 unspecified atom stereocenters. The summed E-state index contributed by atoms with van der Waals surface area (Å²) < 4.78 is 36.1. The quantitative estimate of drug-likeness (QED) is 0.700. The molecular weight excluding hydrogens is 192 g/mol. The number of hydrogen-bond donors (Lipinski definition) is 1. The number of ether oxygens (including phenoxy) is 1. The Balaban J connectivity index is 3.03. The van der Waals surface area contributed by atoms with Crippen LogP contribution in [0.5, 0.6) is 0 Å². The minimum absolute atomic E-state index is 0.149. The average Bonchev–Trinajstić information content (AvgIpc) is 2.04. The lowest BCUT2D eigenvalue weighted by atomic mass is 10.1. The zero-order chi connectivity index (χ0) is 9.95. The molecule has 1 atom stereocenters. The fourth-order valence-electron chi connectivity index (χ4n) is 1.20. The molecule has 0 amide bonds. The van der Waals surface area contributed by atoms with E-state index in [1.807, 2.05) is 0 Å². The van der Waals surface area contributed by atoms with E-state index in [9.17, 15) is 8.42 Å². The Morgan fingerprint density at radius 1 is 1.54 bits per heavy atom. The third-order valence-corrected chi connectivity index (χ3v) is 3.12. The normalized spacial score (nSPS) is 27.8. The molecule has 5 heteroatoms. The van der Waals surface area contributed by atoms with E-state index in [-0.39, 0.29) is 13.0 Å². The van der Waals surface area contributed by atoms with E-state index >= 15 is 0 Å². The molecule has 1 aliphatic carbocycles. The molecule has 1 N–H and O–H groups in total.